The van der Waals surface area contributed by atoms with Gasteiger partial charge in [0.25, 0.3) is 0 Å². The Morgan fingerprint density at radius 2 is 1.89 bits per heavy atom. The van der Waals surface area contributed by atoms with Gasteiger partial charge in [-0.2, -0.15) is 0 Å². The predicted molar refractivity (Wildman–Crippen MR) is 195 cm³/mol. The van der Waals surface area contributed by atoms with Crippen molar-refractivity contribution in [1.82, 2.24) is 19.8 Å². The maximum atomic E-state index is 14.4. The Kier molecular flexibility index (Phi) is 11.1. The van der Waals surface area contributed by atoms with Gasteiger partial charge in [0.05, 0.1) is 43.5 Å². The summed E-state index contributed by atoms with van der Waals surface area (Å²) in [6.07, 6.45) is 4.74. The van der Waals surface area contributed by atoms with Crippen molar-refractivity contribution in [2.45, 2.75) is 102 Å². The van der Waals surface area contributed by atoms with Crippen LogP contribution in [0.5, 0.6) is 11.5 Å². The molecule has 0 spiro atoms. The molecule has 3 heterocycles. The van der Waals surface area contributed by atoms with E-state index in [1.54, 1.807) is 26.8 Å². The summed E-state index contributed by atoms with van der Waals surface area (Å²) in [6, 6.07) is 1.37. The van der Waals surface area contributed by atoms with Crippen LogP contribution in [0.1, 0.15) is 76.8 Å². The SMILES string of the molecule is C=C[C@H]1C[C@@]1(CC(=O)C1C[C@@H]2CN1C(=O)[C@H](C(C)(C)C)NC(=O)OCCC/C=C/COc1c(OC)ccc3c1CN(C3)C(=O)O2)C(=O)NS(=O)(=O)C1CC1. The van der Waals surface area contributed by atoms with Crippen LogP contribution in [-0.4, -0.2) is 98.3 Å². The highest BCUT2D eigenvalue weighted by atomic mass is 32.2. The van der Waals surface area contributed by atoms with Crippen molar-refractivity contribution in [1.29, 1.82) is 0 Å². The van der Waals surface area contributed by atoms with Crippen LogP contribution in [-0.2, 0) is 47.0 Å². The van der Waals surface area contributed by atoms with Crippen LogP contribution in [0.15, 0.2) is 36.9 Å². The molecule has 6 rings (SSSR count). The van der Waals surface area contributed by atoms with Gasteiger partial charge >= 0.3 is 12.2 Å². The highest BCUT2D eigenvalue weighted by Gasteiger charge is 2.61. The molecular formula is C38H50N4O11S. The van der Waals surface area contributed by atoms with Crippen LogP contribution < -0.4 is 19.5 Å². The van der Waals surface area contributed by atoms with Crippen molar-refractivity contribution in [2.75, 3.05) is 26.9 Å². The molecule has 4 bridgehead atoms. The minimum absolute atomic E-state index is 0.0657. The van der Waals surface area contributed by atoms with E-state index in [2.05, 4.69) is 16.6 Å². The van der Waals surface area contributed by atoms with Gasteiger partial charge in [0.1, 0.15) is 18.8 Å². The monoisotopic (exact) mass is 770 g/mol. The lowest BCUT2D eigenvalue weighted by atomic mass is 9.85. The number of methoxy groups -OCH3 is 1. The summed E-state index contributed by atoms with van der Waals surface area (Å²) in [6.45, 7) is 9.68. The van der Waals surface area contributed by atoms with Crippen LogP contribution in [0.4, 0.5) is 9.59 Å². The molecule has 3 fully saturated rings. The van der Waals surface area contributed by atoms with Crippen molar-refractivity contribution in [3.8, 4) is 11.5 Å². The van der Waals surface area contributed by atoms with E-state index in [0.717, 1.165) is 11.1 Å². The number of alkyl carbamates (subject to hydrolysis) is 1. The van der Waals surface area contributed by atoms with E-state index < -0.39 is 80.0 Å². The molecule has 0 aromatic heterocycles. The van der Waals surface area contributed by atoms with Gasteiger partial charge in [-0.05, 0) is 55.1 Å². The number of carbonyl (C=O) groups is 5. The van der Waals surface area contributed by atoms with Gasteiger partial charge in [0, 0.05) is 24.9 Å². The number of hydrogen-bond donors (Lipinski definition) is 2. The van der Waals surface area contributed by atoms with Crippen molar-refractivity contribution < 1.29 is 51.3 Å². The Morgan fingerprint density at radius 3 is 2.56 bits per heavy atom. The van der Waals surface area contributed by atoms with E-state index in [-0.39, 0.29) is 52.1 Å². The Bertz CT molecular complexity index is 1840. The topological polar surface area (TPSA) is 187 Å². The highest BCUT2D eigenvalue weighted by molar-refractivity contribution is 7.90. The summed E-state index contributed by atoms with van der Waals surface area (Å²) >= 11 is 0. The fraction of sp³-hybridized carbons (Fsp3) is 0.605. The molecule has 15 nitrogen and oxygen atoms in total. The summed E-state index contributed by atoms with van der Waals surface area (Å²) in [5.41, 5.74) is -0.546. The number of nitrogens with one attached hydrogen (secondary N) is 2. The molecule has 1 aromatic rings. The number of rotatable bonds is 8. The first kappa shape index (κ1) is 39.1. The van der Waals surface area contributed by atoms with Crippen molar-refractivity contribution >= 4 is 39.8 Å². The lowest BCUT2D eigenvalue weighted by molar-refractivity contribution is -0.142. The van der Waals surface area contributed by atoms with Gasteiger partial charge in [-0.25, -0.2) is 18.0 Å². The molecule has 3 aliphatic heterocycles. The summed E-state index contributed by atoms with van der Waals surface area (Å²) in [7, 11) is -2.35. The molecule has 0 radical (unpaired) electrons. The van der Waals surface area contributed by atoms with E-state index in [1.165, 1.54) is 23.0 Å². The second-order valence-electron chi connectivity index (χ2n) is 15.9. The summed E-state index contributed by atoms with van der Waals surface area (Å²) in [4.78, 5) is 71.8. The molecule has 2 aliphatic carbocycles. The van der Waals surface area contributed by atoms with Gasteiger partial charge in [-0.15, -0.1) is 6.58 Å². The molecule has 2 saturated carbocycles. The zero-order valence-electron chi connectivity index (χ0n) is 31.3. The molecule has 16 heteroatoms. The minimum atomic E-state index is -3.89. The van der Waals surface area contributed by atoms with Crippen molar-refractivity contribution in [3.05, 3.63) is 48.1 Å². The van der Waals surface area contributed by atoms with E-state index >= 15 is 0 Å². The van der Waals surface area contributed by atoms with Gasteiger partial charge in [-0.1, -0.05) is 45.1 Å². The number of fused-ring (bicyclic) bond motifs is 3. The predicted octanol–water partition coefficient (Wildman–Crippen LogP) is 3.75. The van der Waals surface area contributed by atoms with E-state index in [4.69, 9.17) is 18.9 Å². The zero-order valence-corrected chi connectivity index (χ0v) is 32.1. The molecule has 2 N–H and O–H groups in total. The number of sulfonamides is 1. The van der Waals surface area contributed by atoms with Crippen molar-refractivity contribution in [2.24, 2.45) is 16.7 Å². The normalized spacial score (nSPS) is 28.4. The third kappa shape index (κ3) is 8.22. The third-order valence-electron chi connectivity index (χ3n) is 10.9. The number of cyclic esters (lactones) is 1. The molecule has 294 valence electrons. The fourth-order valence-corrected chi connectivity index (χ4v) is 8.87. The molecule has 1 unspecified atom stereocenters. The largest absolute Gasteiger partial charge is 0.493 e. The van der Waals surface area contributed by atoms with Crippen LogP contribution in [0.2, 0.25) is 0 Å². The molecule has 5 aliphatic rings. The summed E-state index contributed by atoms with van der Waals surface area (Å²) in [5.74, 6) is -1.27. The average Bonchev–Trinajstić information content (AvgIpc) is 4.01. The van der Waals surface area contributed by atoms with E-state index in [0.29, 0.717) is 37.2 Å². The van der Waals surface area contributed by atoms with Crippen LogP contribution in [0.3, 0.4) is 0 Å². The molecular weight excluding hydrogens is 721 g/mol. The maximum Gasteiger partial charge on any atom is 0.410 e. The lowest BCUT2D eigenvalue weighted by Gasteiger charge is -2.35. The quantitative estimate of drug-likeness (QED) is 0.367. The second-order valence-corrected chi connectivity index (χ2v) is 17.8. The Balaban J connectivity index is 1.28. The fourth-order valence-electron chi connectivity index (χ4n) is 7.48. The molecule has 54 heavy (non-hydrogen) atoms. The number of carbonyl (C=O) groups excluding carboxylic acids is 5. The average molecular weight is 771 g/mol. The number of ketones is 1. The zero-order chi connectivity index (χ0) is 39.0. The number of nitrogens with zero attached hydrogens (tertiary/aromatic N) is 2. The van der Waals surface area contributed by atoms with Gasteiger partial charge in [0.2, 0.25) is 21.8 Å². The maximum absolute atomic E-state index is 14.4. The van der Waals surface area contributed by atoms with Gasteiger partial charge in [-0.3, -0.25) is 24.0 Å². The number of allylic oxidation sites excluding steroid dienone is 2. The van der Waals surface area contributed by atoms with E-state index in [1.807, 2.05) is 18.2 Å². The Morgan fingerprint density at radius 1 is 1.13 bits per heavy atom. The van der Waals surface area contributed by atoms with Gasteiger partial charge < -0.3 is 29.2 Å². The number of ether oxygens (including phenoxy) is 4. The first-order valence-corrected chi connectivity index (χ1v) is 20.0. The van der Waals surface area contributed by atoms with Crippen LogP contribution >= 0.6 is 0 Å². The molecule has 5 atom stereocenters. The number of Topliss-reactive ketones (excluding diaryl/α,β-unsaturated/α-hetero) is 1. The van der Waals surface area contributed by atoms with Crippen molar-refractivity contribution in [3.63, 3.8) is 0 Å². The number of hydrogen-bond acceptors (Lipinski definition) is 11. The minimum Gasteiger partial charge on any atom is -0.493 e. The third-order valence-corrected chi connectivity index (χ3v) is 12.7. The second kappa shape index (κ2) is 15.3. The smallest absolute Gasteiger partial charge is 0.410 e. The molecule has 1 aromatic carbocycles. The molecule has 4 amide bonds. The van der Waals surface area contributed by atoms with E-state index in [9.17, 15) is 32.4 Å². The first-order valence-electron chi connectivity index (χ1n) is 18.4. The van der Waals surface area contributed by atoms with Crippen LogP contribution in [0, 0.1) is 16.7 Å². The number of benzene rings is 1. The Hall–Kier alpha value is -4.60. The van der Waals surface area contributed by atoms with Crippen LogP contribution in [0.25, 0.3) is 0 Å². The Labute approximate surface area is 315 Å². The lowest BCUT2D eigenvalue weighted by Crippen LogP contribution is -2.57. The highest BCUT2D eigenvalue weighted by Crippen LogP contribution is 2.57. The number of amides is 4. The summed E-state index contributed by atoms with van der Waals surface area (Å²) in [5, 5.41) is 2.05. The first-order chi connectivity index (χ1) is 25.6. The van der Waals surface area contributed by atoms with Gasteiger partial charge in [0.15, 0.2) is 17.3 Å². The molecule has 1 saturated heterocycles. The summed E-state index contributed by atoms with van der Waals surface area (Å²) < 4.78 is 50.6. The standard InChI is InChI=1S/C38H50N4O11S/c1-6-24-18-38(24,34(45)40-54(48,49)26-12-13-26)19-29(43)28-17-25-21-42(28)33(44)32(37(2,3)4)39-35(46)52-16-10-8-7-9-15-51-31-27-22-41(36(47)53-25)20-23(27)11-14-30(31)50-5/h6-7,9,11,14,24-26,28,32H,1,8,10,12-13,15-22H2,2-5H3,(H,39,46)(H,40,45)/b9-7+/t24-,25+,28?,32+,38-/m0/s1.